The molecular weight excluding hydrogens is 128 g/mol. The Balaban J connectivity index is 0.000000162. The van der Waals surface area contributed by atoms with Crippen LogP contribution >= 0.6 is 0 Å². The van der Waals surface area contributed by atoms with Gasteiger partial charge in [-0.05, 0) is 6.92 Å². The molecule has 0 bridgehead atoms. The zero-order chi connectivity index (χ0) is 7.82. The molecule has 1 aliphatic heterocycles. The molecule has 0 spiro atoms. The van der Waals surface area contributed by atoms with Gasteiger partial charge in [-0.2, -0.15) is 0 Å². The molecule has 0 saturated heterocycles. The van der Waals surface area contributed by atoms with Crippen LogP contribution in [0.4, 0.5) is 0 Å². The molecule has 1 heterocycles. The van der Waals surface area contributed by atoms with Crippen molar-refractivity contribution >= 4 is 5.78 Å². The summed E-state index contributed by atoms with van der Waals surface area (Å²) in [5.41, 5.74) is 5.65. The Morgan fingerprint density at radius 2 is 2.30 bits per heavy atom. The first-order valence-electron chi connectivity index (χ1n) is 3.40. The summed E-state index contributed by atoms with van der Waals surface area (Å²) < 4.78 is 0. The SMILES string of the molecule is C1=CNNC1.CCC(C)=O. The van der Waals surface area contributed by atoms with Crippen molar-refractivity contribution < 1.29 is 4.79 Å². The fourth-order valence-electron chi connectivity index (χ4n) is 0.295. The summed E-state index contributed by atoms with van der Waals surface area (Å²) in [4.78, 5) is 9.81. The standard InChI is InChI=1S/C4H8O.C3H6N2/c1-3-4(2)5;1-2-4-5-3-1/h3H2,1-2H3;1-2,4-5H,3H2. The second-order valence-electron chi connectivity index (χ2n) is 1.98. The van der Waals surface area contributed by atoms with Gasteiger partial charge in [-0.25, -0.2) is 5.43 Å². The molecule has 0 radical (unpaired) electrons. The van der Waals surface area contributed by atoms with Gasteiger partial charge in [0.05, 0.1) is 0 Å². The average Bonchev–Trinajstić information content (AvgIpc) is 2.43. The molecule has 0 aromatic carbocycles. The van der Waals surface area contributed by atoms with E-state index < -0.39 is 0 Å². The van der Waals surface area contributed by atoms with Crippen LogP contribution in [0.25, 0.3) is 0 Å². The van der Waals surface area contributed by atoms with Gasteiger partial charge in [-0.1, -0.05) is 13.0 Å². The lowest BCUT2D eigenvalue weighted by Gasteiger charge is -1.83. The normalized spacial score (nSPS) is 13.4. The topological polar surface area (TPSA) is 41.1 Å². The number of rotatable bonds is 1. The quantitative estimate of drug-likeness (QED) is 0.563. The van der Waals surface area contributed by atoms with Gasteiger partial charge < -0.3 is 10.2 Å². The summed E-state index contributed by atoms with van der Waals surface area (Å²) in [6.45, 7) is 4.39. The third kappa shape index (κ3) is 7.17. The van der Waals surface area contributed by atoms with E-state index in [1.165, 1.54) is 0 Å². The molecule has 0 aromatic rings. The third-order valence-corrected chi connectivity index (χ3v) is 1.02. The second-order valence-corrected chi connectivity index (χ2v) is 1.98. The highest BCUT2D eigenvalue weighted by atomic mass is 16.1. The van der Waals surface area contributed by atoms with Crippen LogP contribution in [0.2, 0.25) is 0 Å². The van der Waals surface area contributed by atoms with Gasteiger partial charge in [-0.15, -0.1) is 0 Å². The molecule has 0 fully saturated rings. The summed E-state index contributed by atoms with van der Waals surface area (Å²) in [5, 5.41) is 0. The monoisotopic (exact) mass is 142 g/mol. The maximum atomic E-state index is 9.81. The highest BCUT2D eigenvalue weighted by Gasteiger charge is 1.78. The number of Topliss-reactive ketones (excluding diaryl/α,β-unsaturated/α-hetero) is 1. The Kier molecular flexibility index (Phi) is 5.77. The van der Waals surface area contributed by atoms with E-state index in [0.717, 1.165) is 6.54 Å². The van der Waals surface area contributed by atoms with Gasteiger partial charge >= 0.3 is 0 Å². The van der Waals surface area contributed by atoms with E-state index in [0.29, 0.717) is 6.42 Å². The maximum Gasteiger partial charge on any atom is 0.129 e. The molecular formula is C7H14N2O. The van der Waals surface area contributed by atoms with Crippen LogP contribution in [0.15, 0.2) is 12.3 Å². The van der Waals surface area contributed by atoms with E-state index in [9.17, 15) is 4.79 Å². The molecule has 0 aromatic heterocycles. The first-order valence-corrected chi connectivity index (χ1v) is 3.40. The molecule has 3 heteroatoms. The number of hydrogen-bond donors (Lipinski definition) is 2. The van der Waals surface area contributed by atoms with E-state index in [-0.39, 0.29) is 5.78 Å². The Labute approximate surface area is 61.5 Å². The van der Waals surface area contributed by atoms with Crippen LogP contribution in [0.1, 0.15) is 20.3 Å². The lowest BCUT2D eigenvalue weighted by Crippen LogP contribution is -2.19. The number of hydrazine groups is 1. The molecule has 0 amide bonds. The van der Waals surface area contributed by atoms with Crippen molar-refractivity contribution in [1.82, 2.24) is 10.9 Å². The summed E-state index contributed by atoms with van der Waals surface area (Å²) in [5.74, 6) is 0.255. The summed E-state index contributed by atoms with van der Waals surface area (Å²) >= 11 is 0. The van der Waals surface area contributed by atoms with E-state index in [2.05, 4.69) is 10.9 Å². The minimum atomic E-state index is 0.255. The van der Waals surface area contributed by atoms with Gasteiger partial charge in [-0.3, -0.25) is 0 Å². The van der Waals surface area contributed by atoms with Crippen LogP contribution in [0, 0.1) is 0 Å². The van der Waals surface area contributed by atoms with Crippen molar-refractivity contribution in [3.63, 3.8) is 0 Å². The van der Waals surface area contributed by atoms with Crippen molar-refractivity contribution in [3.05, 3.63) is 12.3 Å². The molecule has 3 nitrogen and oxygen atoms in total. The van der Waals surface area contributed by atoms with Gasteiger partial charge in [0.25, 0.3) is 0 Å². The fraction of sp³-hybridized carbons (Fsp3) is 0.571. The second kappa shape index (κ2) is 6.29. The first-order chi connectivity index (χ1) is 4.77. The van der Waals surface area contributed by atoms with Crippen molar-refractivity contribution in [2.45, 2.75) is 20.3 Å². The zero-order valence-electron chi connectivity index (χ0n) is 6.48. The first kappa shape index (κ1) is 9.17. The van der Waals surface area contributed by atoms with E-state index in [4.69, 9.17) is 0 Å². The van der Waals surface area contributed by atoms with Gasteiger partial charge in [0.1, 0.15) is 5.78 Å². The molecule has 1 rings (SSSR count). The summed E-state index contributed by atoms with van der Waals surface area (Å²) in [7, 11) is 0. The molecule has 1 aliphatic rings. The number of carbonyl (C=O) groups is 1. The van der Waals surface area contributed by atoms with E-state index in [1.807, 2.05) is 19.2 Å². The zero-order valence-corrected chi connectivity index (χ0v) is 6.48. The molecule has 0 atom stereocenters. The Morgan fingerprint density at radius 1 is 1.70 bits per heavy atom. The molecule has 2 N–H and O–H groups in total. The summed E-state index contributed by atoms with van der Waals surface area (Å²) in [6, 6.07) is 0. The number of ketones is 1. The van der Waals surface area contributed by atoms with Crippen molar-refractivity contribution in [2.24, 2.45) is 0 Å². The lowest BCUT2D eigenvalue weighted by atomic mass is 10.4. The van der Waals surface area contributed by atoms with Crippen LogP contribution in [-0.2, 0) is 4.79 Å². The smallest absolute Gasteiger partial charge is 0.129 e. The van der Waals surface area contributed by atoms with Crippen LogP contribution < -0.4 is 10.9 Å². The molecule has 0 saturated carbocycles. The molecule has 0 unspecified atom stereocenters. The van der Waals surface area contributed by atoms with Gasteiger partial charge in [0.15, 0.2) is 0 Å². The number of nitrogens with one attached hydrogen (secondary N) is 2. The molecule has 10 heavy (non-hydrogen) atoms. The van der Waals surface area contributed by atoms with E-state index in [1.54, 1.807) is 6.92 Å². The van der Waals surface area contributed by atoms with Crippen LogP contribution in [0.3, 0.4) is 0 Å². The highest BCUT2D eigenvalue weighted by Crippen LogP contribution is 1.71. The van der Waals surface area contributed by atoms with Crippen LogP contribution in [-0.4, -0.2) is 12.3 Å². The van der Waals surface area contributed by atoms with Crippen molar-refractivity contribution in [1.29, 1.82) is 0 Å². The predicted molar refractivity (Wildman–Crippen MR) is 41.3 cm³/mol. The third-order valence-electron chi connectivity index (χ3n) is 1.02. The Bertz CT molecular complexity index is 115. The van der Waals surface area contributed by atoms with Gasteiger partial charge in [0.2, 0.25) is 0 Å². The average molecular weight is 142 g/mol. The number of hydrogen-bond acceptors (Lipinski definition) is 3. The van der Waals surface area contributed by atoms with E-state index >= 15 is 0 Å². The Morgan fingerprint density at radius 3 is 2.40 bits per heavy atom. The minimum absolute atomic E-state index is 0.255. The Hall–Kier alpha value is -0.830. The van der Waals surface area contributed by atoms with Crippen LogP contribution in [0.5, 0.6) is 0 Å². The summed E-state index contributed by atoms with van der Waals surface area (Å²) in [6.07, 6.45) is 4.56. The minimum Gasteiger partial charge on any atom is -0.329 e. The molecule has 58 valence electrons. The highest BCUT2D eigenvalue weighted by molar-refractivity contribution is 5.74. The lowest BCUT2D eigenvalue weighted by molar-refractivity contribution is -0.116. The fourth-order valence-corrected chi connectivity index (χ4v) is 0.295. The number of carbonyl (C=O) groups excluding carboxylic acids is 1. The predicted octanol–water partition coefficient (Wildman–Crippen LogP) is 0.593. The van der Waals surface area contributed by atoms with Crippen molar-refractivity contribution in [3.8, 4) is 0 Å². The van der Waals surface area contributed by atoms with Gasteiger partial charge in [0, 0.05) is 19.2 Å². The van der Waals surface area contributed by atoms with Crippen molar-refractivity contribution in [2.75, 3.05) is 6.54 Å². The maximum absolute atomic E-state index is 9.81. The molecule has 0 aliphatic carbocycles. The largest absolute Gasteiger partial charge is 0.329 e.